The van der Waals surface area contributed by atoms with Gasteiger partial charge in [-0.3, -0.25) is 9.78 Å². The zero-order chi connectivity index (χ0) is 16.4. The van der Waals surface area contributed by atoms with E-state index in [2.05, 4.69) is 9.97 Å². The molecule has 3 rings (SSSR count). The van der Waals surface area contributed by atoms with Gasteiger partial charge in [0.15, 0.2) is 0 Å². The third-order valence-corrected chi connectivity index (χ3v) is 3.98. The lowest BCUT2D eigenvalue weighted by molar-refractivity contribution is 0.0600. The molecule has 0 bridgehead atoms. The second-order valence-corrected chi connectivity index (χ2v) is 5.43. The van der Waals surface area contributed by atoms with Crippen LogP contribution in [0.5, 0.6) is 0 Å². The second-order valence-electron chi connectivity index (χ2n) is 4.99. The molecular weight excluding hydrogens is 316 g/mol. The number of carbonyl (C=O) groups is 1. The number of rotatable bonds is 3. The van der Waals surface area contributed by atoms with Crippen LogP contribution in [0.2, 0.25) is 0 Å². The van der Waals surface area contributed by atoms with Crippen molar-refractivity contribution in [1.29, 1.82) is 0 Å². The van der Waals surface area contributed by atoms with E-state index >= 15 is 0 Å². The van der Waals surface area contributed by atoms with Crippen LogP contribution in [0.3, 0.4) is 0 Å². The minimum absolute atomic E-state index is 0.153. The first-order valence-corrected chi connectivity index (χ1v) is 7.33. The number of carbonyl (C=O) groups excluding carboxylic acids is 1. The fourth-order valence-corrected chi connectivity index (χ4v) is 2.59. The molecule has 0 fully saturated rings. The van der Waals surface area contributed by atoms with Gasteiger partial charge < -0.3 is 9.72 Å². The number of methoxy groups -OCH3 is 1. The lowest BCUT2D eigenvalue weighted by atomic mass is 10.0. The number of fused-ring (bicyclic) bond motifs is 1. The molecule has 1 unspecified atom stereocenters. The van der Waals surface area contributed by atoms with Crippen LogP contribution in [0.1, 0.15) is 27.0 Å². The van der Waals surface area contributed by atoms with Gasteiger partial charge in [0.25, 0.3) is 0 Å². The number of hydrogen-bond acceptors (Lipinski definition) is 4. The van der Waals surface area contributed by atoms with Crippen LogP contribution in [-0.4, -0.2) is 23.0 Å². The highest BCUT2D eigenvalue weighted by molar-refractivity contribution is 6.22. The van der Waals surface area contributed by atoms with Gasteiger partial charge in [0.2, 0.25) is 5.56 Å². The lowest BCUT2D eigenvalue weighted by Crippen LogP contribution is -2.05. The summed E-state index contributed by atoms with van der Waals surface area (Å²) in [6.45, 7) is 0. The summed E-state index contributed by atoms with van der Waals surface area (Å²) in [5, 5.41) is 0.354. The topological polar surface area (TPSA) is 72.0 Å². The molecule has 2 aromatic heterocycles. The molecule has 0 saturated carbocycles. The number of nitrogens with zero attached hydrogens (tertiary/aromatic N) is 1. The Balaban J connectivity index is 1.99. The van der Waals surface area contributed by atoms with E-state index in [1.807, 2.05) is 12.1 Å². The van der Waals surface area contributed by atoms with Gasteiger partial charge in [-0.2, -0.15) is 0 Å². The van der Waals surface area contributed by atoms with E-state index in [1.165, 1.54) is 19.4 Å². The SMILES string of the molecule is COC(=O)c1ccnc(C(Cl)c2ccc3[nH]c(=O)ccc3c2)c1. The van der Waals surface area contributed by atoms with E-state index in [0.717, 1.165) is 16.5 Å². The average molecular weight is 329 g/mol. The highest BCUT2D eigenvalue weighted by Crippen LogP contribution is 2.29. The monoisotopic (exact) mass is 328 g/mol. The maximum Gasteiger partial charge on any atom is 0.337 e. The highest BCUT2D eigenvalue weighted by atomic mass is 35.5. The van der Waals surface area contributed by atoms with Crippen molar-refractivity contribution < 1.29 is 9.53 Å². The summed E-state index contributed by atoms with van der Waals surface area (Å²) in [5.74, 6) is -0.436. The summed E-state index contributed by atoms with van der Waals surface area (Å²) >= 11 is 6.50. The third kappa shape index (κ3) is 3.10. The number of aromatic nitrogens is 2. The van der Waals surface area contributed by atoms with Crippen LogP contribution in [0.4, 0.5) is 0 Å². The maximum absolute atomic E-state index is 11.6. The van der Waals surface area contributed by atoms with Gasteiger partial charge in [-0.15, -0.1) is 11.6 Å². The van der Waals surface area contributed by atoms with Crippen molar-refractivity contribution in [2.75, 3.05) is 7.11 Å². The summed E-state index contributed by atoms with van der Waals surface area (Å²) in [6.07, 6.45) is 1.52. The Morgan fingerprint density at radius 2 is 2.04 bits per heavy atom. The number of alkyl halides is 1. The van der Waals surface area contributed by atoms with Gasteiger partial charge >= 0.3 is 5.97 Å². The first-order valence-electron chi connectivity index (χ1n) is 6.90. The normalized spacial score (nSPS) is 12.1. The number of hydrogen-bond donors (Lipinski definition) is 1. The van der Waals surface area contributed by atoms with Gasteiger partial charge in [0.05, 0.1) is 18.4 Å². The molecular formula is C17H13ClN2O3. The third-order valence-electron chi connectivity index (χ3n) is 3.50. The van der Waals surface area contributed by atoms with Crippen LogP contribution in [0.25, 0.3) is 10.9 Å². The van der Waals surface area contributed by atoms with Gasteiger partial charge in [0, 0.05) is 17.8 Å². The highest BCUT2D eigenvalue weighted by Gasteiger charge is 2.15. The number of esters is 1. The number of halogens is 1. The molecule has 1 N–H and O–H groups in total. The number of pyridine rings is 2. The molecule has 1 atom stereocenters. The van der Waals surface area contributed by atoms with Gasteiger partial charge in [0.1, 0.15) is 5.38 Å². The van der Waals surface area contributed by atoms with Crippen LogP contribution in [-0.2, 0) is 4.74 Å². The summed E-state index contributed by atoms with van der Waals surface area (Å²) in [6, 6.07) is 11.9. The number of ether oxygens (including phenoxy) is 1. The van der Waals surface area contributed by atoms with Crippen molar-refractivity contribution in [3.63, 3.8) is 0 Å². The Hall–Kier alpha value is -2.66. The predicted molar refractivity (Wildman–Crippen MR) is 87.8 cm³/mol. The van der Waals surface area contributed by atoms with E-state index < -0.39 is 11.3 Å². The van der Waals surface area contributed by atoms with E-state index in [4.69, 9.17) is 16.3 Å². The molecule has 3 aromatic rings. The average Bonchev–Trinajstić information content (AvgIpc) is 2.60. The number of nitrogens with one attached hydrogen (secondary N) is 1. The van der Waals surface area contributed by atoms with Crippen molar-refractivity contribution in [2.45, 2.75) is 5.38 Å². The fraction of sp³-hybridized carbons (Fsp3) is 0.118. The van der Waals surface area contributed by atoms with E-state index in [-0.39, 0.29) is 5.56 Å². The largest absolute Gasteiger partial charge is 0.465 e. The molecule has 116 valence electrons. The molecule has 0 aliphatic rings. The van der Waals surface area contributed by atoms with Gasteiger partial charge in [-0.25, -0.2) is 4.79 Å². The summed E-state index contributed by atoms with van der Waals surface area (Å²) in [4.78, 5) is 29.9. The second kappa shape index (κ2) is 6.22. The Kier molecular flexibility index (Phi) is 4.12. The summed E-state index contributed by atoms with van der Waals surface area (Å²) in [7, 11) is 1.32. The molecule has 0 aliphatic carbocycles. The van der Waals surface area contributed by atoms with Crippen molar-refractivity contribution in [3.05, 3.63) is 75.8 Å². The van der Waals surface area contributed by atoms with Crippen molar-refractivity contribution in [3.8, 4) is 0 Å². The first-order chi connectivity index (χ1) is 11.1. The Morgan fingerprint density at radius 1 is 1.22 bits per heavy atom. The van der Waals surface area contributed by atoms with Gasteiger partial charge in [-0.05, 0) is 41.3 Å². The number of aromatic amines is 1. The maximum atomic E-state index is 11.6. The first kappa shape index (κ1) is 15.2. The van der Waals surface area contributed by atoms with Crippen LogP contribution < -0.4 is 5.56 Å². The molecule has 6 heteroatoms. The zero-order valence-corrected chi connectivity index (χ0v) is 13.0. The zero-order valence-electron chi connectivity index (χ0n) is 12.2. The summed E-state index contributed by atoms with van der Waals surface area (Å²) in [5.41, 5.74) is 2.36. The van der Waals surface area contributed by atoms with Crippen molar-refractivity contribution in [2.24, 2.45) is 0 Å². The minimum Gasteiger partial charge on any atom is -0.465 e. The van der Waals surface area contributed by atoms with E-state index in [0.29, 0.717) is 11.3 Å². The van der Waals surface area contributed by atoms with Crippen LogP contribution in [0, 0.1) is 0 Å². The smallest absolute Gasteiger partial charge is 0.337 e. The van der Waals surface area contributed by atoms with Crippen LogP contribution >= 0.6 is 11.6 Å². The van der Waals surface area contributed by atoms with Crippen molar-refractivity contribution in [1.82, 2.24) is 9.97 Å². The van der Waals surface area contributed by atoms with Gasteiger partial charge in [-0.1, -0.05) is 6.07 Å². The minimum atomic E-state index is -0.518. The van der Waals surface area contributed by atoms with Crippen LogP contribution in [0.15, 0.2) is 53.5 Å². The molecule has 2 heterocycles. The van der Waals surface area contributed by atoms with E-state index in [9.17, 15) is 9.59 Å². The molecule has 5 nitrogen and oxygen atoms in total. The standard InChI is InChI=1S/C17H13ClN2O3/c1-23-17(22)12-6-7-19-14(9-12)16(18)11-2-4-13-10(8-11)3-5-15(21)20-13/h2-9,16H,1H3,(H,20,21). The molecule has 23 heavy (non-hydrogen) atoms. The Bertz CT molecular complexity index is 936. The molecule has 0 radical (unpaired) electrons. The van der Waals surface area contributed by atoms with E-state index in [1.54, 1.807) is 24.3 Å². The lowest BCUT2D eigenvalue weighted by Gasteiger charge is -2.11. The number of H-pyrrole nitrogens is 1. The molecule has 0 aliphatic heterocycles. The van der Waals surface area contributed by atoms with Crippen molar-refractivity contribution >= 4 is 28.5 Å². The fourth-order valence-electron chi connectivity index (χ4n) is 2.33. The molecule has 0 saturated heterocycles. The summed E-state index contributed by atoms with van der Waals surface area (Å²) < 4.78 is 4.70. The molecule has 1 aromatic carbocycles. The molecule has 0 spiro atoms. The predicted octanol–water partition coefficient (Wildman–Crippen LogP) is 3.04. The number of benzene rings is 1. The quantitative estimate of drug-likeness (QED) is 0.592. The Labute approximate surface area is 136 Å². The Morgan fingerprint density at radius 3 is 2.83 bits per heavy atom. The molecule has 0 amide bonds.